The Morgan fingerprint density at radius 2 is 1.91 bits per heavy atom. The lowest BCUT2D eigenvalue weighted by molar-refractivity contribution is -0.129. The fourth-order valence-electron chi connectivity index (χ4n) is 2.42. The van der Waals surface area contributed by atoms with Crippen molar-refractivity contribution in [2.24, 2.45) is 0 Å². The number of carbonyl (C=O) groups is 1. The number of anilines is 1. The summed E-state index contributed by atoms with van der Waals surface area (Å²) < 4.78 is 0. The Morgan fingerprint density at radius 1 is 1.23 bits per heavy atom. The second-order valence-corrected chi connectivity index (χ2v) is 5.34. The highest BCUT2D eigenvalue weighted by molar-refractivity contribution is 5.73. The molecule has 0 spiro atoms. The Morgan fingerprint density at radius 3 is 2.55 bits per heavy atom. The van der Waals surface area contributed by atoms with Crippen LogP contribution in [0.3, 0.4) is 0 Å². The van der Waals surface area contributed by atoms with E-state index in [0.29, 0.717) is 13.1 Å². The normalized spacial score (nSPS) is 11.8. The van der Waals surface area contributed by atoms with Crippen LogP contribution in [-0.4, -0.2) is 22.3 Å². The highest BCUT2D eigenvalue weighted by Gasteiger charge is 2.12. The molecule has 1 aromatic heterocycles. The van der Waals surface area contributed by atoms with Gasteiger partial charge in [0.25, 0.3) is 0 Å². The van der Waals surface area contributed by atoms with Gasteiger partial charge in [0.15, 0.2) is 0 Å². The lowest BCUT2D eigenvalue weighted by atomic mass is 10.1. The molecule has 0 bridgehead atoms. The van der Waals surface area contributed by atoms with Crippen molar-refractivity contribution in [3.8, 4) is 0 Å². The lowest BCUT2D eigenvalue weighted by Crippen LogP contribution is -2.28. The molecule has 0 radical (unpaired) electrons. The number of hydrogen-bond donors (Lipinski definition) is 1. The third-order valence-corrected chi connectivity index (χ3v) is 3.78. The van der Waals surface area contributed by atoms with E-state index in [-0.39, 0.29) is 11.9 Å². The van der Waals surface area contributed by atoms with E-state index in [1.807, 2.05) is 36.1 Å². The van der Waals surface area contributed by atoms with Gasteiger partial charge in [-0.1, -0.05) is 18.2 Å². The van der Waals surface area contributed by atoms with Crippen molar-refractivity contribution < 1.29 is 4.79 Å². The Hall–Kier alpha value is -2.36. The number of aromatic nitrogens is 1. The zero-order chi connectivity index (χ0) is 15.9. The van der Waals surface area contributed by atoms with Gasteiger partial charge in [-0.25, -0.2) is 0 Å². The molecular formula is C18H23N3O. The van der Waals surface area contributed by atoms with Crippen LogP contribution in [-0.2, 0) is 11.3 Å². The van der Waals surface area contributed by atoms with Crippen LogP contribution >= 0.6 is 0 Å². The third-order valence-electron chi connectivity index (χ3n) is 3.78. The largest absolute Gasteiger partial charge is 0.378 e. The molecule has 4 heteroatoms. The van der Waals surface area contributed by atoms with Gasteiger partial charge in [0.05, 0.1) is 0 Å². The number of para-hydroxylation sites is 1. The zero-order valence-electron chi connectivity index (χ0n) is 13.4. The first kappa shape index (κ1) is 16.0. The third kappa shape index (κ3) is 4.07. The van der Waals surface area contributed by atoms with Gasteiger partial charge in [-0.05, 0) is 43.2 Å². The van der Waals surface area contributed by atoms with E-state index in [9.17, 15) is 4.79 Å². The van der Waals surface area contributed by atoms with Crippen molar-refractivity contribution in [3.05, 3.63) is 59.9 Å². The van der Waals surface area contributed by atoms with Crippen molar-refractivity contribution in [3.63, 3.8) is 0 Å². The summed E-state index contributed by atoms with van der Waals surface area (Å²) in [6, 6.07) is 12.3. The number of benzene rings is 1. The average molecular weight is 297 g/mol. The molecule has 22 heavy (non-hydrogen) atoms. The van der Waals surface area contributed by atoms with E-state index in [1.165, 1.54) is 5.56 Å². The molecule has 1 heterocycles. The molecule has 1 atom stereocenters. The van der Waals surface area contributed by atoms with E-state index in [2.05, 4.69) is 29.4 Å². The van der Waals surface area contributed by atoms with Gasteiger partial charge in [-0.2, -0.15) is 0 Å². The minimum Gasteiger partial charge on any atom is -0.378 e. The SMILES string of the molecule is CCN(Cc1ccccc1NC(C)c1ccncc1)C(C)=O. The molecule has 2 rings (SSSR count). The molecule has 1 unspecified atom stereocenters. The first-order valence-corrected chi connectivity index (χ1v) is 7.61. The number of pyridine rings is 1. The molecule has 2 aromatic rings. The summed E-state index contributed by atoms with van der Waals surface area (Å²) in [6.45, 7) is 7.06. The summed E-state index contributed by atoms with van der Waals surface area (Å²) in [6.07, 6.45) is 3.60. The van der Waals surface area contributed by atoms with Gasteiger partial charge in [-0.3, -0.25) is 9.78 Å². The molecule has 0 saturated heterocycles. The van der Waals surface area contributed by atoms with Crippen LogP contribution in [0.25, 0.3) is 0 Å². The second kappa shape index (κ2) is 7.59. The Labute approximate surface area is 132 Å². The summed E-state index contributed by atoms with van der Waals surface area (Å²) in [5.41, 5.74) is 3.37. The minimum atomic E-state index is 0.0967. The van der Waals surface area contributed by atoms with Crippen LogP contribution in [0.1, 0.15) is 37.9 Å². The summed E-state index contributed by atoms with van der Waals surface area (Å²) >= 11 is 0. The summed E-state index contributed by atoms with van der Waals surface area (Å²) in [7, 11) is 0. The van der Waals surface area contributed by atoms with E-state index in [1.54, 1.807) is 19.3 Å². The van der Waals surface area contributed by atoms with Crippen molar-refractivity contribution in [2.45, 2.75) is 33.4 Å². The maximum absolute atomic E-state index is 11.6. The Bertz CT molecular complexity index is 613. The van der Waals surface area contributed by atoms with Gasteiger partial charge in [0, 0.05) is 44.1 Å². The molecule has 0 aliphatic heterocycles. The second-order valence-electron chi connectivity index (χ2n) is 5.34. The molecule has 116 valence electrons. The van der Waals surface area contributed by atoms with Crippen LogP contribution in [0.5, 0.6) is 0 Å². The van der Waals surface area contributed by atoms with Crippen molar-refractivity contribution in [1.82, 2.24) is 9.88 Å². The summed E-state index contributed by atoms with van der Waals surface area (Å²) in [5, 5.41) is 3.53. The van der Waals surface area contributed by atoms with Crippen LogP contribution < -0.4 is 5.32 Å². The van der Waals surface area contributed by atoms with E-state index < -0.39 is 0 Å². The average Bonchev–Trinajstić information content (AvgIpc) is 2.54. The van der Waals surface area contributed by atoms with Gasteiger partial charge in [0.2, 0.25) is 5.91 Å². The van der Waals surface area contributed by atoms with Crippen molar-refractivity contribution in [2.75, 3.05) is 11.9 Å². The first-order valence-electron chi connectivity index (χ1n) is 7.61. The minimum absolute atomic E-state index is 0.0967. The highest BCUT2D eigenvalue weighted by Crippen LogP contribution is 2.23. The van der Waals surface area contributed by atoms with Gasteiger partial charge in [0.1, 0.15) is 0 Å². The summed E-state index contributed by atoms with van der Waals surface area (Å²) in [5.74, 6) is 0.0967. The lowest BCUT2D eigenvalue weighted by Gasteiger charge is -2.23. The fraction of sp³-hybridized carbons (Fsp3) is 0.333. The first-order chi connectivity index (χ1) is 10.6. The molecule has 0 aliphatic carbocycles. The van der Waals surface area contributed by atoms with Crippen LogP contribution in [0.4, 0.5) is 5.69 Å². The Kier molecular flexibility index (Phi) is 5.53. The number of nitrogens with one attached hydrogen (secondary N) is 1. The number of hydrogen-bond acceptors (Lipinski definition) is 3. The topological polar surface area (TPSA) is 45.2 Å². The molecule has 0 fully saturated rings. The quantitative estimate of drug-likeness (QED) is 0.885. The predicted octanol–water partition coefficient (Wildman–Crippen LogP) is 3.62. The number of rotatable bonds is 6. The zero-order valence-corrected chi connectivity index (χ0v) is 13.4. The molecular weight excluding hydrogens is 274 g/mol. The van der Waals surface area contributed by atoms with Crippen molar-refractivity contribution >= 4 is 11.6 Å². The molecule has 1 N–H and O–H groups in total. The van der Waals surface area contributed by atoms with Crippen molar-refractivity contribution in [1.29, 1.82) is 0 Å². The number of carbonyl (C=O) groups excluding carboxylic acids is 1. The van der Waals surface area contributed by atoms with Crippen LogP contribution in [0, 0.1) is 0 Å². The van der Waals surface area contributed by atoms with Gasteiger partial charge >= 0.3 is 0 Å². The highest BCUT2D eigenvalue weighted by atomic mass is 16.2. The van der Waals surface area contributed by atoms with Gasteiger partial charge < -0.3 is 10.2 Å². The molecule has 1 aromatic carbocycles. The van der Waals surface area contributed by atoms with E-state index in [0.717, 1.165) is 11.3 Å². The molecule has 0 aliphatic rings. The maximum Gasteiger partial charge on any atom is 0.219 e. The van der Waals surface area contributed by atoms with Crippen LogP contribution in [0.15, 0.2) is 48.8 Å². The fourth-order valence-corrected chi connectivity index (χ4v) is 2.42. The monoisotopic (exact) mass is 297 g/mol. The maximum atomic E-state index is 11.6. The molecule has 1 amide bonds. The smallest absolute Gasteiger partial charge is 0.219 e. The number of nitrogens with zero attached hydrogens (tertiary/aromatic N) is 2. The molecule has 0 saturated carbocycles. The summed E-state index contributed by atoms with van der Waals surface area (Å²) in [4.78, 5) is 17.5. The number of amides is 1. The van der Waals surface area contributed by atoms with Gasteiger partial charge in [-0.15, -0.1) is 0 Å². The molecule has 4 nitrogen and oxygen atoms in total. The van der Waals surface area contributed by atoms with E-state index in [4.69, 9.17) is 0 Å². The van der Waals surface area contributed by atoms with Crippen LogP contribution in [0.2, 0.25) is 0 Å². The van der Waals surface area contributed by atoms with E-state index >= 15 is 0 Å². The predicted molar refractivity (Wildman–Crippen MR) is 89.5 cm³/mol. The standard InChI is InChI=1S/C18H23N3O/c1-4-21(15(3)22)13-17-7-5-6-8-18(17)20-14(2)16-9-11-19-12-10-16/h5-12,14,20H,4,13H2,1-3H3. The Balaban J connectivity index is 2.16.